The van der Waals surface area contributed by atoms with Gasteiger partial charge in [0.15, 0.2) is 5.60 Å². The van der Waals surface area contributed by atoms with Crippen molar-refractivity contribution in [2.45, 2.75) is 63.0 Å². The van der Waals surface area contributed by atoms with Gasteiger partial charge in [-0.25, -0.2) is 4.79 Å². The first-order valence-corrected chi connectivity index (χ1v) is 8.71. The highest BCUT2D eigenvalue weighted by atomic mass is 35.5. The second kappa shape index (κ2) is 5.85. The molecule has 0 aromatic heterocycles. The smallest absolute Gasteiger partial charge is 0.340 e. The first-order chi connectivity index (χ1) is 11.2. The van der Waals surface area contributed by atoms with Gasteiger partial charge in [-0.1, -0.05) is 23.7 Å². The Morgan fingerprint density at radius 2 is 1.67 bits per heavy atom. The van der Waals surface area contributed by atoms with E-state index in [1.54, 1.807) is 7.11 Å². The minimum absolute atomic E-state index is 0.107. The number of carbonyl (C=O) groups is 2. The summed E-state index contributed by atoms with van der Waals surface area (Å²) in [6.45, 7) is 5.82. The number of alkyl halides is 1. The highest BCUT2D eigenvalue weighted by molar-refractivity contribution is 6.48. The summed E-state index contributed by atoms with van der Waals surface area (Å²) in [5, 5.41) is 0. The fraction of sp³-hybridized carbons (Fsp3) is 0.579. The average Bonchev–Trinajstić information content (AvgIpc) is 2.74. The number of rotatable bonds is 2. The highest BCUT2D eigenvalue weighted by Crippen LogP contribution is 2.50. The van der Waals surface area contributed by atoms with Gasteiger partial charge in [0.2, 0.25) is 10.7 Å². The molecule has 2 fully saturated rings. The van der Waals surface area contributed by atoms with Crippen LogP contribution in [-0.4, -0.2) is 30.6 Å². The quantitative estimate of drug-likeness (QED) is 0.465. The summed E-state index contributed by atoms with van der Waals surface area (Å²) in [5.74, 6) is -0.959. The van der Waals surface area contributed by atoms with Crippen molar-refractivity contribution in [2.75, 3.05) is 7.11 Å². The molecule has 1 aliphatic heterocycles. The molecule has 4 nitrogen and oxygen atoms in total. The maximum absolute atomic E-state index is 13.2. The van der Waals surface area contributed by atoms with Gasteiger partial charge < -0.3 is 9.47 Å². The maximum Gasteiger partial charge on any atom is 0.340 e. The lowest BCUT2D eigenvalue weighted by molar-refractivity contribution is -0.157. The first-order valence-electron chi connectivity index (χ1n) is 8.33. The van der Waals surface area contributed by atoms with Gasteiger partial charge in [-0.3, -0.25) is 4.79 Å². The van der Waals surface area contributed by atoms with Crippen LogP contribution in [0.1, 0.15) is 47.9 Å². The van der Waals surface area contributed by atoms with Gasteiger partial charge in [-0.05, 0) is 68.7 Å². The lowest BCUT2D eigenvalue weighted by atomic mass is 9.76. The SMILES string of the molecule is COC1CCC2(CC1)OC(=O)C(Cl)(c1cc(C)c(C)cc1C)C2=O. The third-order valence-corrected chi connectivity index (χ3v) is 6.11. The molecule has 1 aromatic carbocycles. The number of hydrogen-bond acceptors (Lipinski definition) is 4. The molecule has 1 aromatic rings. The van der Waals surface area contributed by atoms with Crippen LogP contribution in [0.25, 0.3) is 0 Å². The van der Waals surface area contributed by atoms with Gasteiger partial charge >= 0.3 is 5.97 Å². The lowest BCUT2D eigenvalue weighted by Gasteiger charge is -2.34. The first kappa shape index (κ1) is 17.4. The molecule has 1 unspecified atom stereocenters. The Morgan fingerprint density at radius 3 is 2.25 bits per heavy atom. The van der Waals surface area contributed by atoms with Gasteiger partial charge in [0, 0.05) is 7.11 Å². The van der Waals surface area contributed by atoms with E-state index in [-0.39, 0.29) is 11.9 Å². The fourth-order valence-electron chi connectivity index (χ4n) is 3.89. The van der Waals surface area contributed by atoms with Crippen LogP contribution < -0.4 is 0 Å². The van der Waals surface area contributed by atoms with E-state index in [9.17, 15) is 9.59 Å². The Kier molecular flexibility index (Phi) is 4.25. The number of ether oxygens (including phenoxy) is 2. The standard InChI is InChI=1S/C19H23ClO4/c1-11-9-13(3)15(10-12(11)2)19(20)16(21)18(24-17(19)22)7-5-14(23-4)6-8-18/h9-10,14H,5-8H2,1-4H3. The topological polar surface area (TPSA) is 52.6 Å². The molecule has 0 amide bonds. The Balaban J connectivity index is 2.01. The lowest BCUT2D eigenvalue weighted by Crippen LogP contribution is -2.45. The molecule has 5 heteroatoms. The van der Waals surface area contributed by atoms with Crippen LogP contribution >= 0.6 is 11.6 Å². The van der Waals surface area contributed by atoms with E-state index in [2.05, 4.69) is 0 Å². The molecule has 3 rings (SSSR count). The van der Waals surface area contributed by atoms with Crippen molar-refractivity contribution in [1.29, 1.82) is 0 Å². The summed E-state index contributed by atoms with van der Waals surface area (Å²) in [4.78, 5) is 24.2. The molecular formula is C19H23ClO4. The zero-order valence-electron chi connectivity index (χ0n) is 14.6. The van der Waals surface area contributed by atoms with Crippen molar-refractivity contribution >= 4 is 23.4 Å². The van der Waals surface area contributed by atoms with Crippen LogP contribution in [0.5, 0.6) is 0 Å². The number of carbonyl (C=O) groups excluding carboxylic acids is 2. The van der Waals surface area contributed by atoms with E-state index in [1.807, 2.05) is 32.9 Å². The summed E-state index contributed by atoms with van der Waals surface area (Å²) in [6, 6.07) is 3.80. The van der Waals surface area contributed by atoms with Crippen LogP contribution in [0.2, 0.25) is 0 Å². The number of methoxy groups -OCH3 is 1. The van der Waals surface area contributed by atoms with Crippen LogP contribution in [-0.2, 0) is 23.9 Å². The van der Waals surface area contributed by atoms with Crippen molar-refractivity contribution in [2.24, 2.45) is 0 Å². The zero-order valence-corrected chi connectivity index (χ0v) is 15.3. The average molecular weight is 351 g/mol. The summed E-state index contributed by atoms with van der Waals surface area (Å²) < 4.78 is 11.0. The summed E-state index contributed by atoms with van der Waals surface area (Å²) in [6.07, 6.45) is 2.42. The number of Topliss-reactive ketones (excluding diaryl/α,β-unsaturated/α-hetero) is 1. The van der Waals surface area contributed by atoms with Gasteiger partial charge in [-0.2, -0.15) is 0 Å². The monoisotopic (exact) mass is 350 g/mol. The van der Waals surface area contributed by atoms with Crippen LogP contribution in [0.3, 0.4) is 0 Å². The van der Waals surface area contributed by atoms with Gasteiger partial charge in [0.1, 0.15) is 0 Å². The number of halogens is 1. The van der Waals surface area contributed by atoms with Crippen LogP contribution in [0.15, 0.2) is 12.1 Å². The molecule has 24 heavy (non-hydrogen) atoms. The normalized spacial score (nSPS) is 33.1. The predicted molar refractivity (Wildman–Crippen MR) is 91.3 cm³/mol. The molecule has 2 aliphatic rings. The Labute approximate surface area is 147 Å². The summed E-state index contributed by atoms with van der Waals surface area (Å²) in [7, 11) is 1.66. The third kappa shape index (κ3) is 2.39. The molecule has 1 atom stereocenters. The molecule has 1 aliphatic carbocycles. The molecule has 1 spiro atoms. The molecule has 0 radical (unpaired) electrons. The number of esters is 1. The van der Waals surface area contributed by atoms with E-state index in [1.165, 1.54) is 0 Å². The number of hydrogen-bond donors (Lipinski definition) is 0. The highest BCUT2D eigenvalue weighted by Gasteiger charge is 2.65. The molecule has 1 saturated carbocycles. The second-order valence-electron chi connectivity index (χ2n) is 7.06. The Morgan fingerprint density at radius 1 is 1.08 bits per heavy atom. The van der Waals surface area contributed by atoms with Crippen molar-refractivity contribution in [3.63, 3.8) is 0 Å². The third-order valence-electron chi connectivity index (χ3n) is 5.58. The molecular weight excluding hydrogens is 328 g/mol. The number of aryl methyl sites for hydroxylation is 3. The number of benzene rings is 1. The van der Waals surface area contributed by atoms with Crippen LogP contribution in [0, 0.1) is 20.8 Å². The maximum atomic E-state index is 13.2. The predicted octanol–water partition coefficient (Wildman–Crippen LogP) is 3.50. The Hall–Kier alpha value is -1.39. The molecule has 1 saturated heterocycles. The summed E-state index contributed by atoms with van der Waals surface area (Å²) in [5.41, 5.74) is 2.39. The van der Waals surface area contributed by atoms with Crippen LogP contribution in [0.4, 0.5) is 0 Å². The second-order valence-corrected chi connectivity index (χ2v) is 7.62. The molecule has 0 N–H and O–H groups in total. The van der Waals surface area contributed by atoms with E-state index in [4.69, 9.17) is 21.1 Å². The van der Waals surface area contributed by atoms with Crippen molar-refractivity contribution in [3.8, 4) is 0 Å². The minimum atomic E-state index is -1.73. The largest absolute Gasteiger partial charge is 0.449 e. The summed E-state index contributed by atoms with van der Waals surface area (Å²) >= 11 is 6.66. The zero-order chi connectivity index (χ0) is 17.7. The van der Waals surface area contributed by atoms with Gasteiger partial charge in [0.05, 0.1) is 6.10 Å². The molecule has 0 bridgehead atoms. The number of ketones is 1. The van der Waals surface area contributed by atoms with E-state index in [0.29, 0.717) is 31.2 Å². The van der Waals surface area contributed by atoms with E-state index < -0.39 is 16.4 Å². The van der Waals surface area contributed by atoms with Gasteiger partial charge in [0.25, 0.3) is 0 Å². The van der Waals surface area contributed by atoms with E-state index >= 15 is 0 Å². The minimum Gasteiger partial charge on any atom is -0.449 e. The Bertz CT molecular complexity index is 704. The van der Waals surface area contributed by atoms with Gasteiger partial charge in [-0.15, -0.1) is 0 Å². The fourth-order valence-corrected chi connectivity index (χ4v) is 4.30. The van der Waals surface area contributed by atoms with Crippen molar-refractivity contribution < 1.29 is 19.1 Å². The molecule has 1 heterocycles. The molecule has 130 valence electrons. The van der Waals surface area contributed by atoms with Crippen molar-refractivity contribution in [1.82, 2.24) is 0 Å². The van der Waals surface area contributed by atoms with E-state index in [0.717, 1.165) is 16.7 Å². The van der Waals surface area contributed by atoms with Crippen molar-refractivity contribution in [3.05, 3.63) is 34.4 Å².